The molecular weight excluding hydrogens is 270 g/mol. The Kier molecular flexibility index (Phi) is 4.06. The van der Waals surface area contributed by atoms with Crippen LogP contribution in [0.3, 0.4) is 0 Å². The number of nitrogens with two attached hydrogens (primary N) is 1. The van der Waals surface area contributed by atoms with Gasteiger partial charge in [-0.15, -0.1) is 0 Å². The number of hydrogen-bond acceptors (Lipinski definition) is 4. The molecule has 3 unspecified atom stereocenters. The fourth-order valence-electron chi connectivity index (χ4n) is 4.43. The second-order valence-electron chi connectivity index (χ2n) is 6.82. The van der Waals surface area contributed by atoms with Crippen molar-refractivity contribution in [1.82, 2.24) is 5.32 Å². The number of nitrogens with zero attached hydrogens (tertiary/aromatic N) is 1. The second kappa shape index (κ2) is 5.83. The highest BCUT2D eigenvalue weighted by atomic mass is 16.5. The highest BCUT2D eigenvalue weighted by Gasteiger charge is 2.45. The maximum atomic E-state index is 12.6. The van der Waals surface area contributed by atoms with Crippen molar-refractivity contribution in [2.24, 2.45) is 34.1 Å². The van der Waals surface area contributed by atoms with Crippen molar-refractivity contribution in [1.29, 1.82) is 0 Å². The van der Waals surface area contributed by atoms with E-state index in [4.69, 9.17) is 15.7 Å². The molecule has 0 aromatic carbocycles. The fourth-order valence-corrected chi connectivity index (χ4v) is 4.43. The van der Waals surface area contributed by atoms with Gasteiger partial charge < -0.3 is 21.0 Å². The van der Waals surface area contributed by atoms with Crippen LogP contribution in [0.2, 0.25) is 0 Å². The van der Waals surface area contributed by atoms with E-state index in [-0.39, 0.29) is 11.7 Å². The van der Waals surface area contributed by atoms with Crippen LogP contribution in [0.25, 0.3) is 0 Å². The van der Waals surface area contributed by atoms with Crippen molar-refractivity contribution in [3.8, 4) is 0 Å². The first-order chi connectivity index (χ1) is 10.2. The van der Waals surface area contributed by atoms with Gasteiger partial charge in [0.15, 0.2) is 5.84 Å². The second-order valence-corrected chi connectivity index (χ2v) is 6.82. The molecule has 0 aromatic rings. The quantitative estimate of drug-likeness (QED) is 0.313. The van der Waals surface area contributed by atoms with Crippen LogP contribution in [0.5, 0.6) is 0 Å². The molecule has 3 atom stereocenters. The normalized spacial score (nSPS) is 34.9. The zero-order valence-electron chi connectivity index (χ0n) is 12.4. The summed E-state index contributed by atoms with van der Waals surface area (Å²) < 4.78 is 5.32. The number of amidine groups is 1. The topological polar surface area (TPSA) is 96.9 Å². The predicted octanol–water partition coefficient (Wildman–Crippen LogP) is 1.08. The molecule has 2 bridgehead atoms. The SMILES string of the molecule is NC(=NO)C1(C(=O)NCC2CC3CCC2C3)CCOCC1. The minimum absolute atomic E-state index is 0.0104. The zero-order valence-corrected chi connectivity index (χ0v) is 12.4. The van der Waals surface area contributed by atoms with Gasteiger partial charge in [-0.05, 0) is 49.9 Å². The van der Waals surface area contributed by atoms with Crippen molar-refractivity contribution in [3.63, 3.8) is 0 Å². The van der Waals surface area contributed by atoms with Crippen molar-refractivity contribution in [2.75, 3.05) is 19.8 Å². The van der Waals surface area contributed by atoms with E-state index in [9.17, 15) is 4.79 Å². The Bertz CT molecular complexity index is 432. The number of nitrogens with one attached hydrogen (secondary N) is 1. The lowest BCUT2D eigenvalue weighted by Crippen LogP contribution is -2.53. The Morgan fingerprint density at radius 1 is 1.33 bits per heavy atom. The maximum Gasteiger partial charge on any atom is 0.234 e. The number of hydrogen-bond donors (Lipinski definition) is 3. The Morgan fingerprint density at radius 2 is 2.10 bits per heavy atom. The lowest BCUT2D eigenvalue weighted by atomic mass is 9.78. The smallest absolute Gasteiger partial charge is 0.234 e. The molecular formula is C15H25N3O3. The van der Waals surface area contributed by atoms with Crippen LogP contribution in [0.15, 0.2) is 5.16 Å². The van der Waals surface area contributed by atoms with E-state index in [1.54, 1.807) is 0 Å². The molecule has 21 heavy (non-hydrogen) atoms. The van der Waals surface area contributed by atoms with Gasteiger partial charge in [-0.1, -0.05) is 11.6 Å². The zero-order chi connectivity index (χ0) is 14.9. The van der Waals surface area contributed by atoms with Crippen molar-refractivity contribution in [3.05, 3.63) is 0 Å². The molecule has 0 spiro atoms. The molecule has 2 saturated carbocycles. The van der Waals surface area contributed by atoms with Crippen molar-refractivity contribution < 1.29 is 14.7 Å². The number of carbonyl (C=O) groups excluding carboxylic acids is 1. The van der Waals surface area contributed by atoms with Crippen LogP contribution in [0.1, 0.15) is 38.5 Å². The first kappa shape index (κ1) is 14.6. The van der Waals surface area contributed by atoms with Crippen molar-refractivity contribution in [2.45, 2.75) is 38.5 Å². The standard InChI is InChI=1S/C15H25N3O3/c16-13(18-20)15(3-5-21-6-4-15)14(19)17-9-12-8-10-1-2-11(12)7-10/h10-12,20H,1-9H2,(H2,16,18)(H,17,19). The largest absolute Gasteiger partial charge is 0.409 e. The molecule has 3 fully saturated rings. The molecule has 4 N–H and O–H groups in total. The van der Waals surface area contributed by atoms with Crippen molar-refractivity contribution >= 4 is 11.7 Å². The lowest BCUT2D eigenvalue weighted by Gasteiger charge is -2.35. The Labute approximate surface area is 125 Å². The molecule has 1 heterocycles. The Hall–Kier alpha value is -1.30. The summed E-state index contributed by atoms with van der Waals surface area (Å²) in [6.07, 6.45) is 6.20. The molecule has 1 aliphatic heterocycles. The number of ether oxygens (including phenoxy) is 1. The number of oxime groups is 1. The summed E-state index contributed by atoms with van der Waals surface area (Å²) in [6, 6.07) is 0. The average molecular weight is 295 g/mol. The van der Waals surface area contributed by atoms with Gasteiger partial charge in [0, 0.05) is 19.8 Å². The number of fused-ring (bicyclic) bond motifs is 2. The third kappa shape index (κ3) is 2.61. The van der Waals surface area contributed by atoms with Gasteiger partial charge in [-0.3, -0.25) is 4.79 Å². The van der Waals surface area contributed by atoms with Crippen LogP contribution in [-0.2, 0) is 9.53 Å². The number of amides is 1. The molecule has 0 radical (unpaired) electrons. The van der Waals surface area contributed by atoms with E-state index in [0.29, 0.717) is 32.0 Å². The highest BCUT2D eigenvalue weighted by Crippen LogP contribution is 2.48. The monoisotopic (exact) mass is 295 g/mol. The van der Waals surface area contributed by atoms with E-state index in [0.717, 1.165) is 18.4 Å². The van der Waals surface area contributed by atoms with E-state index in [2.05, 4.69) is 10.5 Å². The number of carbonyl (C=O) groups is 1. The third-order valence-electron chi connectivity index (χ3n) is 5.79. The molecule has 1 saturated heterocycles. The van der Waals surface area contributed by atoms with E-state index < -0.39 is 5.41 Å². The summed E-state index contributed by atoms with van der Waals surface area (Å²) in [5.74, 6) is 2.17. The summed E-state index contributed by atoms with van der Waals surface area (Å²) in [7, 11) is 0. The maximum absolute atomic E-state index is 12.6. The van der Waals surface area contributed by atoms with E-state index >= 15 is 0 Å². The molecule has 3 aliphatic rings. The van der Waals surface area contributed by atoms with Crippen LogP contribution >= 0.6 is 0 Å². The summed E-state index contributed by atoms with van der Waals surface area (Å²) >= 11 is 0. The van der Waals surface area contributed by atoms with E-state index in [1.807, 2.05) is 0 Å². The molecule has 6 nitrogen and oxygen atoms in total. The van der Waals surface area contributed by atoms with Crippen LogP contribution in [0, 0.1) is 23.2 Å². The molecule has 118 valence electrons. The van der Waals surface area contributed by atoms with Gasteiger partial charge in [-0.2, -0.15) is 0 Å². The summed E-state index contributed by atoms with van der Waals surface area (Å²) in [5, 5.41) is 15.2. The van der Waals surface area contributed by atoms with Gasteiger partial charge >= 0.3 is 0 Å². The van der Waals surface area contributed by atoms with Gasteiger partial charge in [0.05, 0.1) is 0 Å². The first-order valence-corrected chi connectivity index (χ1v) is 8.00. The summed E-state index contributed by atoms with van der Waals surface area (Å²) in [4.78, 5) is 12.6. The predicted molar refractivity (Wildman–Crippen MR) is 77.8 cm³/mol. The Balaban J connectivity index is 1.62. The third-order valence-corrected chi connectivity index (χ3v) is 5.79. The van der Waals surface area contributed by atoms with Crippen LogP contribution < -0.4 is 11.1 Å². The summed E-state index contributed by atoms with van der Waals surface area (Å²) in [6.45, 7) is 1.66. The molecule has 3 rings (SSSR count). The fraction of sp³-hybridized carbons (Fsp3) is 0.867. The minimum atomic E-state index is -0.898. The van der Waals surface area contributed by atoms with Gasteiger partial charge in [0.25, 0.3) is 0 Å². The minimum Gasteiger partial charge on any atom is -0.409 e. The van der Waals surface area contributed by atoms with Gasteiger partial charge in [-0.25, -0.2) is 0 Å². The summed E-state index contributed by atoms with van der Waals surface area (Å²) in [5.41, 5.74) is 4.91. The Morgan fingerprint density at radius 3 is 2.67 bits per heavy atom. The molecule has 1 amide bonds. The lowest BCUT2D eigenvalue weighted by molar-refractivity contribution is -0.131. The number of rotatable bonds is 4. The molecule has 6 heteroatoms. The first-order valence-electron chi connectivity index (χ1n) is 8.00. The van der Waals surface area contributed by atoms with E-state index in [1.165, 1.54) is 25.7 Å². The molecule has 2 aliphatic carbocycles. The van der Waals surface area contributed by atoms with Crippen LogP contribution in [-0.4, -0.2) is 36.7 Å². The molecule has 0 aromatic heterocycles. The van der Waals surface area contributed by atoms with Gasteiger partial charge in [0.1, 0.15) is 5.41 Å². The average Bonchev–Trinajstić information content (AvgIpc) is 3.15. The van der Waals surface area contributed by atoms with Gasteiger partial charge in [0.2, 0.25) is 5.91 Å². The van der Waals surface area contributed by atoms with Crippen LogP contribution in [0.4, 0.5) is 0 Å². The highest BCUT2D eigenvalue weighted by molar-refractivity contribution is 6.06.